The first-order chi connectivity index (χ1) is 9.21. The molecule has 1 amide bonds. The Kier molecular flexibility index (Phi) is 3.45. The lowest BCUT2D eigenvalue weighted by atomic mass is 9.90. The highest BCUT2D eigenvalue weighted by Crippen LogP contribution is 2.29. The van der Waals surface area contributed by atoms with Gasteiger partial charge in [-0.15, -0.1) is 0 Å². The summed E-state index contributed by atoms with van der Waals surface area (Å²) >= 11 is 0. The molecule has 0 aliphatic carbocycles. The highest BCUT2D eigenvalue weighted by Gasteiger charge is 2.45. The van der Waals surface area contributed by atoms with Crippen LogP contribution >= 0.6 is 0 Å². The monoisotopic (exact) mass is 287 g/mol. The van der Waals surface area contributed by atoms with E-state index in [0.29, 0.717) is 11.1 Å². The summed E-state index contributed by atoms with van der Waals surface area (Å²) in [6, 6.07) is 3.73. The lowest BCUT2D eigenvalue weighted by Gasteiger charge is -2.35. The van der Waals surface area contributed by atoms with Crippen LogP contribution in [0.5, 0.6) is 0 Å². The third-order valence-electron chi connectivity index (χ3n) is 3.38. The van der Waals surface area contributed by atoms with Crippen LogP contribution in [0.15, 0.2) is 18.2 Å². The number of alkyl halides is 3. The number of halogens is 3. The zero-order valence-electron chi connectivity index (χ0n) is 10.6. The predicted molar refractivity (Wildman–Crippen MR) is 63.2 cm³/mol. The van der Waals surface area contributed by atoms with Crippen molar-refractivity contribution in [1.29, 1.82) is 0 Å². The molecule has 1 unspecified atom stereocenters. The van der Waals surface area contributed by atoms with Gasteiger partial charge in [-0.1, -0.05) is 12.1 Å². The van der Waals surface area contributed by atoms with E-state index in [9.17, 15) is 22.8 Å². The second-order valence-electron chi connectivity index (χ2n) is 4.73. The summed E-state index contributed by atoms with van der Waals surface area (Å²) in [5.74, 6) is -3.01. The van der Waals surface area contributed by atoms with E-state index in [4.69, 9.17) is 5.11 Å². The number of rotatable bonds is 1. The van der Waals surface area contributed by atoms with Gasteiger partial charge in [0.2, 0.25) is 0 Å². The third kappa shape index (κ3) is 2.48. The van der Waals surface area contributed by atoms with E-state index in [1.54, 1.807) is 6.07 Å². The maximum atomic E-state index is 12.5. The molecule has 1 N–H and O–H groups in total. The Hall–Kier alpha value is -2.05. The molecule has 1 aliphatic heterocycles. The Labute approximate surface area is 112 Å². The Morgan fingerprint density at radius 3 is 2.55 bits per heavy atom. The fraction of sp³-hybridized carbons (Fsp3) is 0.385. The molecule has 1 aromatic carbocycles. The van der Waals surface area contributed by atoms with Crippen LogP contribution in [-0.4, -0.2) is 34.1 Å². The third-order valence-corrected chi connectivity index (χ3v) is 3.38. The summed E-state index contributed by atoms with van der Waals surface area (Å²) in [4.78, 5) is 23.2. The van der Waals surface area contributed by atoms with E-state index in [1.807, 2.05) is 0 Å². The maximum Gasteiger partial charge on any atom is 0.471 e. The number of hydrogen-bond acceptors (Lipinski definition) is 2. The van der Waals surface area contributed by atoms with Crippen molar-refractivity contribution < 1.29 is 27.9 Å². The van der Waals surface area contributed by atoms with Gasteiger partial charge in [0.25, 0.3) is 0 Å². The summed E-state index contributed by atoms with van der Waals surface area (Å²) in [6.07, 6.45) is -4.82. The molecule has 0 fully saturated rings. The summed E-state index contributed by atoms with van der Waals surface area (Å²) in [7, 11) is 0. The number of amides is 1. The molecule has 7 heteroatoms. The molecule has 2 rings (SSSR count). The normalized spacial score (nSPS) is 18.6. The SMILES string of the molecule is CC1Cc2c(cccc2C(=O)O)CN1C(=O)C(F)(F)F. The molecule has 1 heterocycles. The Bertz CT molecular complexity index is 568. The largest absolute Gasteiger partial charge is 0.478 e. The van der Waals surface area contributed by atoms with Crippen LogP contribution < -0.4 is 0 Å². The van der Waals surface area contributed by atoms with Gasteiger partial charge in [0.05, 0.1) is 5.56 Å². The minimum Gasteiger partial charge on any atom is -0.478 e. The second-order valence-corrected chi connectivity index (χ2v) is 4.73. The standard InChI is InChI=1S/C13H12F3NO3/c1-7-5-10-8(3-2-4-9(10)11(18)19)6-17(7)12(20)13(14,15)16/h2-4,7H,5-6H2,1H3,(H,18,19). The average molecular weight is 287 g/mol. The quantitative estimate of drug-likeness (QED) is 0.861. The zero-order valence-corrected chi connectivity index (χ0v) is 10.6. The van der Waals surface area contributed by atoms with Crippen LogP contribution in [0, 0.1) is 0 Å². The van der Waals surface area contributed by atoms with Crippen molar-refractivity contribution in [3.63, 3.8) is 0 Å². The Balaban J connectivity index is 2.38. The number of hydrogen-bond donors (Lipinski definition) is 1. The van der Waals surface area contributed by atoms with Crippen molar-refractivity contribution in [2.24, 2.45) is 0 Å². The maximum absolute atomic E-state index is 12.5. The van der Waals surface area contributed by atoms with Gasteiger partial charge in [0.1, 0.15) is 0 Å². The molecule has 0 aromatic heterocycles. The smallest absolute Gasteiger partial charge is 0.471 e. The van der Waals surface area contributed by atoms with Crippen LogP contribution in [0.3, 0.4) is 0 Å². The molecule has 4 nitrogen and oxygen atoms in total. The molecule has 1 aliphatic rings. The fourth-order valence-corrected chi connectivity index (χ4v) is 2.40. The zero-order chi connectivity index (χ0) is 15.1. The first-order valence-electron chi connectivity index (χ1n) is 5.93. The predicted octanol–water partition coefficient (Wildman–Crippen LogP) is 2.22. The van der Waals surface area contributed by atoms with E-state index in [1.165, 1.54) is 19.1 Å². The molecule has 0 radical (unpaired) electrons. The topological polar surface area (TPSA) is 57.6 Å². The van der Waals surface area contributed by atoms with Crippen molar-refractivity contribution in [1.82, 2.24) is 4.90 Å². The van der Waals surface area contributed by atoms with Crippen molar-refractivity contribution in [2.45, 2.75) is 32.1 Å². The molecule has 0 bridgehead atoms. The Morgan fingerprint density at radius 1 is 1.35 bits per heavy atom. The van der Waals surface area contributed by atoms with Crippen LogP contribution in [0.2, 0.25) is 0 Å². The molecule has 0 saturated heterocycles. The summed E-state index contributed by atoms with van der Waals surface area (Å²) in [6.45, 7) is 1.25. The van der Waals surface area contributed by atoms with Crippen LogP contribution in [0.1, 0.15) is 28.4 Å². The number of benzene rings is 1. The van der Waals surface area contributed by atoms with Crippen LogP contribution in [0.25, 0.3) is 0 Å². The van der Waals surface area contributed by atoms with Crippen molar-refractivity contribution >= 4 is 11.9 Å². The van der Waals surface area contributed by atoms with E-state index < -0.39 is 24.1 Å². The number of aromatic carboxylic acids is 1. The molecule has 0 spiro atoms. The minimum atomic E-state index is -4.92. The first kappa shape index (κ1) is 14.4. The van der Waals surface area contributed by atoms with Crippen LogP contribution in [0.4, 0.5) is 13.2 Å². The van der Waals surface area contributed by atoms with Gasteiger partial charge in [-0.3, -0.25) is 4.79 Å². The summed E-state index contributed by atoms with van der Waals surface area (Å²) in [5.41, 5.74) is 1.02. The van der Waals surface area contributed by atoms with Gasteiger partial charge in [-0.2, -0.15) is 13.2 Å². The molecule has 0 saturated carbocycles. The van der Waals surface area contributed by atoms with Gasteiger partial charge in [-0.25, -0.2) is 4.79 Å². The number of nitrogens with zero attached hydrogens (tertiary/aromatic N) is 1. The Morgan fingerprint density at radius 2 is 2.00 bits per heavy atom. The molecular formula is C13H12F3NO3. The molecule has 108 valence electrons. The number of carbonyl (C=O) groups is 2. The van der Waals surface area contributed by atoms with Crippen molar-refractivity contribution in [2.75, 3.05) is 0 Å². The number of carboxylic acids is 1. The van der Waals surface area contributed by atoms with Crippen molar-refractivity contribution in [3.8, 4) is 0 Å². The highest BCUT2D eigenvalue weighted by atomic mass is 19.4. The van der Waals surface area contributed by atoms with E-state index >= 15 is 0 Å². The molecule has 1 aromatic rings. The molecule has 20 heavy (non-hydrogen) atoms. The second kappa shape index (κ2) is 4.81. The van der Waals surface area contributed by atoms with Gasteiger partial charge < -0.3 is 10.0 Å². The van der Waals surface area contributed by atoms with Gasteiger partial charge in [-0.05, 0) is 30.5 Å². The lowest BCUT2D eigenvalue weighted by molar-refractivity contribution is -0.188. The van der Waals surface area contributed by atoms with Gasteiger partial charge in [0, 0.05) is 12.6 Å². The minimum absolute atomic E-state index is 0.0773. The lowest BCUT2D eigenvalue weighted by Crippen LogP contribution is -2.48. The van der Waals surface area contributed by atoms with E-state index in [0.717, 1.165) is 4.90 Å². The summed E-state index contributed by atoms with van der Waals surface area (Å²) in [5, 5.41) is 9.07. The number of fused-ring (bicyclic) bond motifs is 1. The van der Waals surface area contributed by atoms with E-state index in [-0.39, 0.29) is 18.5 Å². The average Bonchev–Trinajstić information content (AvgIpc) is 2.35. The molecular weight excluding hydrogens is 275 g/mol. The molecule has 1 atom stereocenters. The fourth-order valence-electron chi connectivity index (χ4n) is 2.40. The first-order valence-corrected chi connectivity index (χ1v) is 5.93. The number of carboxylic acid groups (broad SMARTS) is 1. The van der Waals surface area contributed by atoms with Gasteiger partial charge in [0.15, 0.2) is 0 Å². The number of carbonyl (C=O) groups excluding carboxylic acids is 1. The van der Waals surface area contributed by atoms with Crippen molar-refractivity contribution in [3.05, 3.63) is 34.9 Å². The highest BCUT2D eigenvalue weighted by molar-refractivity contribution is 5.90. The summed E-state index contributed by atoms with van der Waals surface area (Å²) < 4.78 is 37.5. The van der Waals surface area contributed by atoms with E-state index in [2.05, 4.69) is 0 Å². The van der Waals surface area contributed by atoms with Gasteiger partial charge >= 0.3 is 18.1 Å². The van der Waals surface area contributed by atoms with Crippen LogP contribution in [-0.2, 0) is 17.8 Å².